The second-order valence-electron chi connectivity index (χ2n) is 5.08. The zero-order valence-electron chi connectivity index (χ0n) is 12.0. The van der Waals surface area contributed by atoms with Crippen molar-refractivity contribution in [3.63, 3.8) is 0 Å². The van der Waals surface area contributed by atoms with E-state index >= 15 is 0 Å². The number of nitrogens with zero attached hydrogens (tertiary/aromatic N) is 1. The molecule has 0 aliphatic carbocycles. The molecule has 3 rings (SSSR count). The number of benzene rings is 2. The SMILES string of the molecule is Nc1ccc2c(c1)N(CCCOc1ccccc1)CCO2. The van der Waals surface area contributed by atoms with Crippen molar-refractivity contribution < 1.29 is 9.47 Å². The summed E-state index contributed by atoms with van der Waals surface area (Å²) in [6.45, 7) is 3.25. The van der Waals surface area contributed by atoms with E-state index in [4.69, 9.17) is 15.2 Å². The second-order valence-corrected chi connectivity index (χ2v) is 5.08. The Morgan fingerprint density at radius 3 is 2.86 bits per heavy atom. The van der Waals surface area contributed by atoms with Crippen molar-refractivity contribution >= 4 is 11.4 Å². The monoisotopic (exact) mass is 284 g/mol. The summed E-state index contributed by atoms with van der Waals surface area (Å²) in [4.78, 5) is 2.31. The van der Waals surface area contributed by atoms with Crippen LogP contribution in [0.15, 0.2) is 48.5 Å². The van der Waals surface area contributed by atoms with Gasteiger partial charge in [-0.15, -0.1) is 0 Å². The van der Waals surface area contributed by atoms with Gasteiger partial charge in [-0.25, -0.2) is 0 Å². The number of rotatable bonds is 5. The molecule has 2 N–H and O–H groups in total. The molecule has 1 heterocycles. The molecule has 2 aromatic rings. The summed E-state index contributed by atoms with van der Waals surface area (Å²) in [5, 5.41) is 0. The van der Waals surface area contributed by atoms with Crippen LogP contribution in [-0.4, -0.2) is 26.3 Å². The lowest BCUT2D eigenvalue weighted by Crippen LogP contribution is -2.34. The summed E-state index contributed by atoms with van der Waals surface area (Å²) < 4.78 is 11.4. The maximum absolute atomic E-state index is 5.87. The van der Waals surface area contributed by atoms with Crippen molar-refractivity contribution in [2.45, 2.75) is 6.42 Å². The summed E-state index contributed by atoms with van der Waals surface area (Å²) in [6, 6.07) is 15.7. The maximum atomic E-state index is 5.87. The van der Waals surface area contributed by atoms with E-state index in [1.165, 1.54) is 0 Å². The molecule has 0 saturated carbocycles. The van der Waals surface area contributed by atoms with Gasteiger partial charge in [0, 0.05) is 12.2 Å². The molecule has 0 fully saturated rings. The molecule has 21 heavy (non-hydrogen) atoms. The molecule has 0 bridgehead atoms. The van der Waals surface area contributed by atoms with Gasteiger partial charge in [-0.3, -0.25) is 0 Å². The lowest BCUT2D eigenvalue weighted by molar-refractivity contribution is 0.293. The highest BCUT2D eigenvalue weighted by atomic mass is 16.5. The van der Waals surface area contributed by atoms with E-state index in [1.807, 2.05) is 48.5 Å². The zero-order chi connectivity index (χ0) is 14.5. The van der Waals surface area contributed by atoms with Gasteiger partial charge in [-0.1, -0.05) is 18.2 Å². The fraction of sp³-hybridized carbons (Fsp3) is 0.294. The van der Waals surface area contributed by atoms with E-state index in [-0.39, 0.29) is 0 Å². The summed E-state index contributed by atoms with van der Waals surface area (Å²) in [5.41, 5.74) is 7.72. The van der Waals surface area contributed by atoms with Crippen LogP contribution < -0.4 is 20.1 Å². The standard InChI is InChI=1S/C17H20N2O2/c18-14-7-8-17-16(13-14)19(10-12-21-17)9-4-11-20-15-5-2-1-3-6-15/h1-3,5-8,13H,4,9-12,18H2. The molecular formula is C17H20N2O2. The van der Waals surface area contributed by atoms with Crippen molar-refractivity contribution in [2.24, 2.45) is 0 Å². The Kier molecular flexibility index (Phi) is 4.15. The summed E-state index contributed by atoms with van der Waals surface area (Å²) in [7, 11) is 0. The minimum Gasteiger partial charge on any atom is -0.494 e. The normalized spacial score (nSPS) is 13.4. The Morgan fingerprint density at radius 1 is 1.14 bits per heavy atom. The molecule has 1 aliphatic rings. The Labute approximate surface area is 125 Å². The summed E-state index contributed by atoms with van der Waals surface area (Å²) in [5.74, 6) is 1.84. The predicted molar refractivity (Wildman–Crippen MR) is 85.1 cm³/mol. The van der Waals surface area contributed by atoms with Crippen LogP contribution >= 0.6 is 0 Å². The molecule has 0 aromatic heterocycles. The van der Waals surface area contributed by atoms with Gasteiger partial charge in [-0.2, -0.15) is 0 Å². The number of anilines is 2. The van der Waals surface area contributed by atoms with Gasteiger partial charge >= 0.3 is 0 Å². The van der Waals surface area contributed by atoms with Gasteiger partial charge in [0.1, 0.15) is 18.1 Å². The van der Waals surface area contributed by atoms with E-state index in [1.54, 1.807) is 0 Å². The molecule has 4 heteroatoms. The number of para-hydroxylation sites is 1. The Morgan fingerprint density at radius 2 is 2.00 bits per heavy atom. The zero-order valence-corrected chi connectivity index (χ0v) is 12.0. The lowest BCUT2D eigenvalue weighted by Gasteiger charge is -2.31. The van der Waals surface area contributed by atoms with E-state index < -0.39 is 0 Å². The number of ether oxygens (including phenoxy) is 2. The molecule has 0 spiro atoms. The fourth-order valence-corrected chi connectivity index (χ4v) is 2.48. The average molecular weight is 284 g/mol. The number of hydrogen-bond donors (Lipinski definition) is 1. The van der Waals surface area contributed by atoms with Gasteiger partial charge < -0.3 is 20.1 Å². The highest BCUT2D eigenvalue weighted by Crippen LogP contribution is 2.33. The van der Waals surface area contributed by atoms with Gasteiger partial charge in [-0.05, 0) is 36.8 Å². The van der Waals surface area contributed by atoms with Crippen molar-refractivity contribution in [1.82, 2.24) is 0 Å². The van der Waals surface area contributed by atoms with Crippen LogP contribution in [-0.2, 0) is 0 Å². The van der Waals surface area contributed by atoms with Gasteiger partial charge in [0.15, 0.2) is 0 Å². The van der Waals surface area contributed by atoms with Crippen LogP contribution in [0.4, 0.5) is 11.4 Å². The third kappa shape index (κ3) is 3.40. The van der Waals surface area contributed by atoms with E-state index in [0.717, 1.165) is 49.0 Å². The van der Waals surface area contributed by atoms with E-state index in [0.29, 0.717) is 6.61 Å². The third-order valence-electron chi connectivity index (χ3n) is 3.53. The minimum atomic E-state index is 0.707. The largest absolute Gasteiger partial charge is 0.494 e. The Hall–Kier alpha value is -2.36. The van der Waals surface area contributed by atoms with E-state index in [2.05, 4.69) is 4.90 Å². The molecule has 1 aliphatic heterocycles. The molecule has 0 atom stereocenters. The fourth-order valence-electron chi connectivity index (χ4n) is 2.48. The predicted octanol–water partition coefficient (Wildman–Crippen LogP) is 2.94. The first kappa shape index (κ1) is 13.6. The second kappa shape index (κ2) is 6.39. The Balaban J connectivity index is 1.54. The molecule has 0 amide bonds. The highest BCUT2D eigenvalue weighted by molar-refractivity contribution is 5.65. The quantitative estimate of drug-likeness (QED) is 0.677. The molecule has 2 aromatic carbocycles. The smallest absolute Gasteiger partial charge is 0.142 e. The van der Waals surface area contributed by atoms with Gasteiger partial charge in [0.05, 0.1) is 18.8 Å². The van der Waals surface area contributed by atoms with Crippen LogP contribution in [0, 0.1) is 0 Å². The first-order valence-electron chi connectivity index (χ1n) is 7.28. The number of nitrogen functional groups attached to an aromatic ring is 1. The summed E-state index contributed by atoms with van der Waals surface area (Å²) >= 11 is 0. The van der Waals surface area contributed by atoms with Crippen molar-refractivity contribution in [3.05, 3.63) is 48.5 Å². The summed E-state index contributed by atoms with van der Waals surface area (Å²) in [6.07, 6.45) is 0.961. The average Bonchev–Trinajstić information content (AvgIpc) is 2.53. The topological polar surface area (TPSA) is 47.7 Å². The van der Waals surface area contributed by atoms with Crippen LogP contribution in [0.2, 0.25) is 0 Å². The van der Waals surface area contributed by atoms with Crippen molar-refractivity contribution in [1.29, 1.82) is 0 Å². The Bertz CT molecular complexity index is 587. The number of hydrogen-bond acceptors (Lipinski definition) is 4. The van der Waals surface area contributed by atoms with Crippen molar-refractivity contribution in [2.75, 3.05) is 36.9 Å². The van der Waals surface area contributed by atoms with Crippen molar-refractivity contribution in [3.8, 4) is 11.5 Å². The maximum Gasteiger partial charge on any atom is 0.142 e. The number of fused-ring (bicyclic) bond motifs is 1. The van der Waals surface area contributed by atoms with Crippen LogP contribution in [0.5, 0.6) is 11.5 Å². The van der Waals surface area contributed by atoms with Gasteiger partial charge in [0.2, 0.25) is 0 Å². The first-order chi connectivity index (χ1) is 10.3. The van der Waals surface area contributed by atoms with Gasteiger partial charge in [0.25, 0.3) is 0 Å². The number of nitrogens with two attached hydrogens (primary N) is 1. The van der Waals surface area contributed by atoms with Crippen LogP contribution in [0.1, 0.15) is 6.42 Å². The molecule has 0 unspecified atom stereocenters. The first-order valence-corrected chi connectivity index (χ1v) is 7.28. The molecule has 4 nitrogen and oxygen atoms in total. The molecule has 0 radical (unpaired) electrons. The van der Waals surface area contributed by atoms with Crippen LogP contribution in [0.25, 0.3) is 0 Å². The highest BCUT2D eigenvalue weighted by Gasteiger charge is 2.17. The lowest BCUT2D eigenvalue weighted by atomic mass is 10.2. The van der Waals surface area contributed by atoms with Crippen LogP contribution in [0.3, 0.4) is 0 Å². The third-order valence-corrected chi connectivity index (χ3v) is 3.53. The minimum absolute atomic E-state index is 0.707. The molecular weight excluding hydrogens is 264 g/mol. The molecule has 0 saturated heterocycles. The van der Waals surface area contributed by atoms with E-state index in [9.17, 15) is 0 Å². The molecule has 110 valence electrons.